The molecule has 8 heteroatoms. The summed E-state index contributed by atoms with van der Waals surface area (Å²) in [6.07, 6.45) is 6.80. The second-order valence-corrected chi connectivity index (χ2v) is 10.6. The third kappa shape index (κ3) is 4.52. The van der Waals surface area contributed by atoms with Crippen molar-refractivity contribution in [2.24, 2.45) is 5.92 Å². The highest BCUT2D eigenvalue weighted by Crippen LogP contribution is 2.39. The summed E-state index contributed by atoms with van der Waals surface area (Å²) in [6, 6.07) is 14.3. The number of fused-ring (bicyclic) bond motifs is 5. The second kappa shape index (κ2) is 10.2. The number of hydrogen-bond donors (Lipinski definition) is 1. The first-order valence-corrected chi connectivity index (χ1v) is 13.7. The van der Waals surface area contributed by atoms with Crippen molar-refractivity contribution in [3.63, 3.8) is 0 Å². The smallest absolute Gasteiger partial charge is 0.326 e. The minimum Gasteiger partial charge on any atom is -0.464 e. The van der Waals surface area contributed by atoms with Crippen LogP contribution in [0.25, 0.3) is 21.9 Å². The second-order valence-electron chi connectivity index (χ2n) is 10.6. The number of piperidine rings is 1. The summed E-state index contributed by atoms with van der Waals surface area (Å²) in [4.78, 5) is 33.3. The van der Waals surface area contributed by atoms with Gasteiger partial charge in [-0.1, -0.05) is 37.6 Å². The monoisotopic (exact) mass is 514 g/mol. The van der Waals surface area contributed by atoms with E-state index in [4.69, 9.17) is 14.1 Å². The lowest BCUT2D eigenvalue weighted by Gasteiger charge is -2.30. The van der Waals surface area contributed by atoms with Gasteiger partial charge in [-0.25, -0.2) is 4.98 Å². The molecule has 2 bridgehead atoms. The fourth-order valence-electron chi connectivity index (χ4n) is 5.96. The molecule has 38 heavy (non-hydrogen) atoms. The molecule has 1 saturated carbocycles. The number of carbonyl (C=O) groups is 1. The molecule has 1 N–H and O–H groups in total. The van der Waals surface area contributed by atoms with Crippen molar-refractivity contribution in [2.75, 3.05) is 23.4 Å². The highest BCUT2D eigenvalue weighted by molar-refractivity contribution is 6.05. The number of rotatable bonds is 9. The van der Waals surface area contributed by atoms with Crippen LogP contribution in [0.2, 0.25) is 0 Å². The van der Waals surface area contributed by atoms with Gasteiger partial charge >= 0.3 is 5.97 Å². The Morgan fingerprint density at radius 3 is 2.82 bits per heavy atom. The SMILES string of the molecule is CCCCOC(=O)Cn1c(N2CC3CCC2C3)ncc(NC(C)c2ccc3oc4ccccc4c3c2)c1=O. The maximum atomic E-state index is 13.7. The van der Waals surface area contributed by atoms with Crippen LogP contribution in [0.4, 0.5) is 11.6 Å². The van der Waals surface area contributed by atoms with Crippen LogP contribution in [0.15, 0.2) is 57.9 Å². The molecule has 8 nitrogen and oxygen atoms in total. The molecular formula is C30H34N4O4. The molecule has 1 aliphatic heterocycles. The van der Waals surface area contributed by atoms with Gasteiger partial charge in [-0.2, -0.15) is 0 Å². The van der Waals surface area contributed by atoms with Crippen LogP contribution >= 0.6 is 0 Å². The zero-order chi connectivity index (χ0) is 26.2. The number of para-hydroxylation sites is 1. The molecule has 2 aromatic carbocycles. The van der Waals surface area contributed by atoms with Crippen molar-refractivity contribution in [1.82, 2.24) is 9.55 Å². The van der Waals surface area contributed by atoms with E-state index in [2.05, 4.69) is 22.3 Å². The number of unbranched alkanes of at least 4 members (excludes halogenated alkanes) is 1. The van der Waals surface area contributed by atoms with Gasteiger partial charge in [0.2, 0.25) is 5.95 Å². The largest absolute Gasteiger partial charge is 0.464 e. The summed E-state index contributed by atoms with van der Waals surface area (Å²) in [5, 5.41) is 5.45. The minimum atomic E-state index is -0.407. The number of hydrogen-bond acceptors (Lipinski definition) is 7. The summed E-state index contributed by atoms with van der Waals surface area (Å²) < 4.78 is 12.9. The van der Waals surface area contributed by atoms with Crippen molar-refractivity contribution in [1.29, 1.82) is 0 Å². The van der Waals surface area contributed by atoms with Gasteiger partial charge in [0, 0.05) is 29.4 Å². The first-order valence-electron chi connectivity index (χ1n) is 13.7. The van der Waals surface area contributed by atoms with E-state index in [0.29, 0.717) is 30.2 Å². The Hall–Kier alpha value is -3.81. The summed E-state index contributed by atoms with van der Waals surface area (Å²) in [5.41, 5.74) is 2.81. The molecule has 6 rings (SSSR count). The number of ether oxygens (including phenoxy) is 1. The van der Waals surface area contributed by atoms with Crippen LogP contribution in [-0.4, -0.2) is 34.7 Å². The van der Waals surface area contributed by atoms with E-state index in [0.717, 1.165) is 59.7 Å². The molecule has 3 heterocycles. The third-order valence-electron chi connectivity index (χ3n) is 8.01. The van der Waals surface area contributed by atoms with Gasteiger partial charge in [0.05, 0.1) is 12.8 Å². The number of aromatic nitrogens is 2. The highest BCUT2D eigenvalue weighted by Gasteiger charge is 2.40. The van der Waals surface area contributed by atoms with Crippen LogP contribution in [0.3, 0.4) is 0 Å². The number of nitrogens with one attached hydrogen (secondary N) is 1. The molecule has 0 amide bonds. The van der Waals surface area contributed by atoms with E-state index < -0.39 is 5.97 Å². The number of furan rings is 1. The Kier molecular flexibility index (Phi) is 6.55. The van der Waals surface area contributed by atoms with E-state index in [1.807, 2.05) is 44.2 Å². The van der Waals surface area contributed by atoms with Crippen molar-refractivity contribution >= 4 is 39.5 Å². The Morgan fingerprint density at radius 1 is 1.18 bits per heavy atom. The van der Waals surface area contributed by atoms with Crippen LogP contribution in [0, 0.1) is 5.92 Å². The van der Waals surface area contributed by atoms with Gasteiger partial charge in [-0.3, -0.25) is 14.2 Å². The molecule has 0 spiro atoms. The van der Waals surface area contributed by atoms with Crippen molar-refractivity contribution < 1.29 is 13.9 Å². The average Bonchev–Trinajstić information content (AvgIpc) is 3.65. The molecule has 4 aromatic rings. The van der Waals surface area contributed by atoms with Crippen LogP contribution in [0.5, 0.6) is 0 Å². The topological polar surface area (TPSA) is 89.6 Å². The lowest BCUT2D eigenvalue weighted by atomic mass is 10.0. The molecule has 2 fully saturated rings. The summed E-state index contributed by atoms with van der Waals surface area (Å²) in [7, 11) is 0. The van der Waals surface area contributed by atoms with Crippen LogP contribution < -0.4 is 15.8 Å². The summed E-state index contributed by atoms with van der Waals surface area (Å²) in [6.45, 7) is 5.16. The molecule has 3 unspecified atom stereocenters. The van der Waals surface area contributed by atoms with E-state index >= 15 is 0 Å². The molecule has 2 aromatic heterocycles. The minimum absolute atomic E-state index is 0.143. The van der Waals surface area contributed by atoms with E-state index in [9.17, 15) is 9.59 Å². The number of esters is 1. The normalized spacial score (nSPS) is 19.4. The Labute approximate surface area is 221 Å². The fourth-order valence-corrected chi connectivity index (χ4v) is 5.96. The highest BCUT2D eigenvalue weighted by atomic mass is 16.5. The Morgan fingerprint density at radius 2 is 2.03 bits per heavy atom. The maximum absolute atomic E-state index is 13.7. The molecule has 1 aliphatic carbocycles. The van der Waals surface area contributed by atoms with Gasteiger partial charge in [-0.05, 0) is 62.3 Å². The molecular weight excluding hydrogens is 480 g/mol. The van der Waals surface area contributed by atoms with Gasteiger partial charge in [0.25, 0.3) is 5.56 Å². The lowest BCUT2D eigenvalue weighted by molar-refractivity contribution is -0.144. The number of anilines is 2. The standard InChI is InChI=1S/C30H34N4O4/c1-3-4-13-37-28(35)18-34-29(36)25(16-31-30(34)33-17-20-9-11-22(33)14-20)32-19(2)21-10-12-27-24(15-21)23-7-5-6-8-26(23)38-27/h5-8,10,12,15-16,19-20,22,32H,3-4,9,11,13-14,17-18H2,1-2H3. The van der Waals surface area contributed by atoms with Gasteiger partial charge in [0.15, 0.2) is 0 Å². The number of carbonyl (C=O) groups excluding carboxylic acids is 1. The lowest BCUT2D eigenvalue weighted by Crippen LogP contribution is -2.39. The third-order valence-corrected chi connectivity index (χ3v) is 8.01. The molecule has 3 atom stereocenters. The quantitative estimate of drug-likeness (QED) is 0.228. The first-order chi connectivity index (χ1) is 18.5. The fraction of sp³-hybridized carbons (Fsp3) is 0.433. The maximum Gasteiger partial charge on any atom is 0.326 e. The molecule has 198 valence electrons. The molecule has 0 radical (unpaired) electrons. The predicted octanol–water partition coefficient (Wildman–Crippen LogP) is 5.65. The van der Waals surface area contributed by atoms with E-state index in [1.54, 1.807) is 6.20 Å². The summed E-state index contributed by atoms with van der Waals surface area (Å²) in [5.74, 6) is 0.795. The Balaban J connectivity index is 1.29. The molecule has 1 saturated heterocycles. The average molecular weight is 515 g/mol. The van der Waals surface area contributed by atoms with E-state index in [1.165, 1.54) is 11.0 Å². The summed E-state index contributed by atoms with van der Waals surface area (Å²) >= 11 is 0. The van der Waals surface area contributed by atoms with E-state index in [-0.39, 0.29) is 18.1 Å². The van der Waals surface area contributed by atoms with Gasteiger partial charge in [-0.15, -0.1) is 0 Å². The van der Waals surface area contributed by atoms with Crippen molar-refractivity contribution in [3.05, 3.63) is 64.6 Å². The van der Waals surface area contributed by atoms with Crippen molar-refractivity contribution in [3.8, 4) is 0 Å². The Bertz CT molecular complexity index is 1540. The van der Waals surface area contributed by atoms with Crippen LogP contribution in [-0.2, 0) is 16.1 Å². The number of nitrogens with zero attached hydrogens (tertiary/aromatic N) is 3. The van der Waals surface area contributed by atoms with Crippen LogP contribution in [0.1, 0.15) is 57.6 Å². The zero-order valence-electron chi connectivity index (χ0n) is 22.0. The van der Waals surface area contributed by atoms with Crippen molar-refractivity contribution in [2.45, 2.75) is 64.6 Å². The predicted molar refractivity (Wildman–Crippen MR) is 149 cm³/mol. The molecule has 2 aliphatic rings. The van der Waals surface area contributed by atoms with Gasteiger partial charge < -0.3 is 19.4 Å². The number of benzene rings is 2. The van der Waals surface area contributed by atoms with Gasteiger partial charge in [0.1, 0.15) is 23.4 Å². The zero-order valence-corrected chi connectivity index (χ0v) is 22.0. The first kappa shape index (κ1) is 24.5.